The number of hydrogen-bond donors (Lipinski definition) is 3. The first-order valence-electron chi connectivity index (χ1n) is 6.65. The van der Waals surface area contributed by atoms with E-state index in [1.54, 1.807) is 24.3 Å². The molecule has 1 aliphatic heterocycles. The van der Waals surface area contributed by atoms with E-state index in [0.29, 0.717) is 18.2 Å². The summed E-state index contributed by atoms with van der Waals surface area (Å²) in [6.07, 6.45) is 0.485. The van der Waals surface area contributed by atoms with Crippen LogP contribution in [0.4, 0.5) is 0 Å². The van der Waals surface area contributed by atoms with Crippen LogP contribution in [0, 0.1) is 0 Å². The summed E-state index contributed by atoms with van der Waals surface area (Å²) >= 11 is 3.86. The molecule has 20 heavy (non-hydrogen) atoms. The van der Waals surface area contributed by atoms with Crippen LogP contribution in [0.1, 0.15) is 5.56 Å². The zero-order valence-electron chi connectivity index (χ0n) is 11.2. The van der Waals surface area contributed by atoms with E-state index in [1.807, 2.05) is 23.5 Å². The number of hydrogen-bond acceptors (Lipinski definition) is 5. The van der Waals surface area contributed by atoms with Gasteiger partial charge in [-0.3, -0.25) is 4.79 Å². The van der Waals surface area contributed by atoms with Crippen molar-refractivity contribution < 1.29 is 9.90 Å². The summed E-state index contributed by atoms with van der Waals surface area (Å²) in [5.74, 6) is 3.58. The maximum absolute atomic E-state index is 12.0. The van der Waals surface area contributed by atoms with Crippen molar-refractivity contribution in [1.82, 2.24) is 5.32 Å². The molecular weight excluding hydrogens is 292 g/mol. The Kier molecular flexibility index (Phi) is 6.06. The molecule has 0 aliphatic carbocycles. The summed E-state index contributed by atoms with van der Waals surface area (Å²) in [5, 5.41) is 12.6. The minimum Gasteiger partial charge on any atom is -0.508 e. The van der Waals surface area contributed by atoms with Gasteiger partial charge in [-0.15, -0.1) is 0 Å². The van der Waals surface area contributed by atoms with Crippen LogP contribution < -0.4 is 11.1 Å². The van der Waals surface area contributed by atoms with Gasteiger partial charge in [-0.1, -0.05) is 12.1 Å². The zero-order valence-corrected chi connectivity index (χ0v) is 12.9. The lowest BCUT2D eigenvalue weighted by Crippen LogP contribution is -2.44. The normalized spacial score (nSPS) is 20.4. The van der Waals surface area contributed by atoms with Crippen LogP contribution in [0.5, 0.6) is 5.75 Å². The SMILES string of the molecule is N[C@H](Cc1ccc(O)cc1)C(=O)NCC1CSCCS1. The lowest BCUT2D eigenvalue weighted by atomic mass is 10.1. The maximum Gasteiger partial charge on any atom is 0.237 e. The van der Waals surface area contributed by atoms with Gasteiger partial charge in [-0.25, -0.2) is 0 Å². The van der Waals surface area contributed by atoms with Gasteiger partial charge < -0.3 is 16.2 Å². The molecule has 0 saturated carbocycles. The molecule has 2 rings (SSSR count). The summed E-state index contributed by atoms with van der Waals surface area (Å²) in [6, 6.07) is 6.25. The van der Waals surface area contributed by atoms with Gasteiger partial charge in [0.2, 0.25) is 5.91 Å². The minimum atomic E-state index is -0.541. The molecule has 2 atom stereocenters. The number of rotatable bonds is 5. The molecule has 1 aromatic carbocycles. The fraction of sp³-hybridized carbons (Fsp3) is 0.500. The first-order valence-corrected chi connectivity index (χ1v) is 8.86. The molecular formula is C14H20N2O2S2. The van der Waals surface area contributed by atoms with Gasteiger partial charge in [-0.2, -0.15) is 23.5 Å². The summed E-state index contributed by atoms with van der Waals surface area (Å²) in [4.78, 5) is 12.0. The van der Waals surface area contributed by atoms with Crippen LogP contribution >= 0.6 is 23.5 Å². The van der Waals surface area contributed by atoms with Gasteiger partial charge in [0.15, 0.2) is 0 Å². The molecule has 1 fully saturated rings. The lowest BCUT2D eigenvalue weighted by molar-refractivity contribution is -0.122. The third-order valence-electron chi connectivity index (χ3n) is 3.12. The fourth-order valence-electron chi connectivity index (χ4n) is 1.98. The minimum absolute atomic E-state index is 0.103. The molecule has 4 nitrogen and oxygen atoms in total. The Morgan fingerprint density at radius 2 is 2.15 bits per heavy atom. The Bertz CT molecular complexity index is 433. The average molecular weight is 312 g/mol. The number of phenolic OH excluding ortho intramolecular Hbond substituents is 1. The molecule has 1 unspecified atom stereocenters. The summed E-state index contributed by atoms with van der Waals surface area (Å²) < 4.78 is 0. The first-order chi connectivity index (χ1) is 9.65. The Hall–Kier alpha value is -0.850. The van der Waals surface area contributed by atoms with Gasteiger partial charge >= 0.3 is 0 Å². The molecule has 1 aliphatic rings. The first kappa shape index (κ1) is 15.5. The quantitative estimate of drug-likeness (QED) is 0.762. The molecule has 1 saturated heterocycles. The third-order valence-corrected chi connectivity index (χ3v) is 5.96. The maximum atomic E-state index is 12.0. The van der Waals surface area contributed by atoms with Crippen molar-refractivity contribution >= 4 is 29.4 Å². The molecule has 0 radical (unpaired) electrons. The van der Waals surface area contributed by atoms with Crippen molar-refractivity contribution in [1.29, 1.82) is 0 Å². The summed E-state index contributed by atoms with van der Waals surface area (Å²) in [6.45, 7) is 0.694. The Labute approximate surface area is 127 Å². The van der Waals surface area contributed by atoms with Crippen molar-refractivity contribution in [3.63, 3.8) is 0 Å². The number of aromatic hydroxyl groups is 1. The topological polar surface area (TPSA) is 75.3 Å². The van der Waals surface area contributed by atoms with Gasteiger partial charge in [0.25, 0.3) is 0 Å². The van der Waals surface area contributed by atoms with Gasteiger partial charge in [0.1, 0.15) is 5.75 Å². The van der Waals surface area contributed by atoms with E-state index in [0.717, 1.165) is 17.1 Å². The van der Waals surface area contributed by atoms with Crippen LogP contribution in [0.15, 0.2) is 24.3 Å². The van der Waals surface area contributed by atoms with Crippen LogP contribution in [-0.2, 0) is 11.2 Å². The van der Waals surface area contributed by atoms with Crippen LogP contribution in [0.25, 0.3) is 0 Å². The smallest absolute Gasteiger partial charge is 0.237 e. The van der Waals surface area contributed by atoms with E-state index in [-0.39, 0.29) is 11.7 Å². The zero-order chi connectivity index (χ0) is 14.4. The Morgan fingerprint density at radius 1 is 1.40 bits per heavy atom. The second-order valence-corrected chi connectivity index (χ2v) is 7.35. The van der Waals surface area contributed by atoms with E-state index >= 15 is 0 Å². The van der Waals surface area contributed by atoms with E-state index in [4.69, 9.17) is 5.73 Å². The molecule has 4 N–H and O–H groups in total. The monoisotopic (exact) mass is 312 g/mol. The fourth-order valence-corrected chi connectivity index (χ4v) is 4.59. The Morgan fingerprint density at radius 3 is 2.80 bits per heavy atom. The Balaban J connectivity index is 1.75. The van der Waals surface area contributed by atoms with Crippen LogP contribution in [0.2, 0.25) is 0 Å². The van der Waals surface area contributed by atoms with E-state index in [2.05, 4.69) is 5.32 Å². The molecule has 1 aromatic rings. The number of nitrogens with two attached hydrogens (primary N) is 1. The predicted octanol–water partition coefficient (Wildman–Crippen LogP) is 1.23. The number of thioether (sulfide) groups is 2. The number of benzene rings is 1. The molecule has 0 bridgehead atoms. The van der Waals surface area contributed by atoms with Crippen molar-refractivity contribution in [2.45, 2.75) is 17.7 Å². The lowest BCUT2D eigenvalue weighted by Gasteiger charge is -2.22. The average Bonchev–Trinajstić information content (AvgIpc) is 2.48. The van der Waals surface area contributed by atoms with Gasteiger partial charge in [-0.05, 0) is 24.1 Å². The number of carbonyl (C=O) groups is 1. The molecule has 0 spiro atoms. The highest BCUT2D eigenvalue weighted by Gasteiger charge is 2.18. The molecule has 1 amide bonds. The molecule has 1 heterocycles. The highest BCUT2D eigenvalue weighted by Crippen LogP contribution is 2.23. The van der Waals surface area contributed by atoms with Crippen molar-refractivity contribution in [3.8, 4) is 5.75 Å². The van der Waals surface area contributed by atoms with Crippen molar-refractivity contribution in [2.24, 2.45) is 5.73 Å². The highest BCUT2D eigenvalue weighted by molar-refractivity contribution is 8.06. The number of amides is 1. The molecule has 110 valence electrons. The second kappa shape index (κ2) is 7.81. The second-order valence-electron chi connectivity index (χ2n) is 4.79. The summed E-state index contributed by atoms with van der Waals surface area (Å²) in [7, 11) is 0. The highest BCUT2D eigenvalue weighted by atomic mass is 32.2. The van der Waals surface area contributed by atoms with Crippen molar-refractivity contribution in [2.75, 3.05) is 23.8 Å². The largest absolute Gasteiger partial charge is 0.508 e. The van der Waals surface area contributed by atoms with Gasteiger partial charge in [0, 0.05) is 29.1 Å². The van der Waals surface area contributed by atoms with Crippen LogP contribution in [-0.4, -0.2) is 46.1 Å². The predicted molar refractivity (Wildman–Crippen MR) is 86.4 cm³/mol. The third kappa shape index (κ3) is 4.92. The summed E-state index contributed by atoms with van der Waals surface area (Å²) in [5.41, 5.74) is 6.87. The van der Waals surface area contributed by atoms with E-state index in [1.165, 1.54) is 5.75 Å². The molecule has 0 aromatic heterocycles. The van der Waals surface area contributed by atoms with Crippen LogP contribution in [0.3, 0.4) is 0 Å². The standard InChI is InChI=1S/C14H20N2O2S2/c15-13(7-10-1-3-11(17)4-2-10)14(18)16-8-12-9-19-5-6-20-12/h1-4,12-13,17H,5-9,15H2,(H,16,18)/t12?,13-/m1/s1. The molecule has 6 heteroatoms. The van der Waals surface area contributed by atoms with Gasteiger partial charge in [0.05, 0.1) is 6.04 Å². The van der Waals surface area contributed by atoms with E-state index < -0.39 is 6.04 Å². The number of carbonyl (C=O) groups excluding carboxylic acids is 1. The van der Waals surface area contributed by atoms with E-state index in [9.17, 15) is 9.90 Å². The van der Waals surface area contributed by atoms with Crippen molar-refractivity contribution in [3.05, 3.63) is 29.8 Å². The number of phenols is 1. The number of nitrogens with one attached hydrogen (secondary N) is 1.